The van der Waals surface area contributed by atoms with Gasteiger partial charge in [0, 0.05) is 17.1 Å². The second kappa shape index (κ2) is 11.1. The SMILES string of the molecule is CC(O)=CC(=O)OC(C)(C)C.CC(O)=CC(=O)OC(C)(C)C.[Cu]. The fraction of sp³-hybridized carbons (Fsp3) is 0.625. The minimum absolute atomic E-state index is 0. The summed E-state index contributed by atoms with van der Waals surface area (Å²) in [4.78, 5) is 21.6. The van der Waals surface area contributed by atoms with Gasteiger partial charge in [0.25, 0.3) is 0 Å². The number of carbonyl (C=O) groups excluding carboxylic acids is 2. The summed E-state index contributed by atoms with van der Waals surface area (Å²) in [5.41, 5.74) is -0.994. The van der Waals surface area contributed by atoms with E-state index in [4.69, 9.17) is 19.7 Å². The maximum Gasteiger partial charge on any atom is 0.334 e. The Morgan fingerprint density at radius 2 is 0.957 bits per heavy atom. The van der Waals surface area contributed by atoms with Crippen LogP contribution in [-0.4, -0.2) is 33.4 Å². The second-order valence-corrected chi connectivity index (χ2v) is 6.64. The summed E-state index contributed by atoms with van der Waals surface area (Å²) in [5, 5.41) is 17.4. The van der Waals surface area contributed by atoms with Crippen molar-refractivity contribution in [2.75, 3.05) is 0 Å². The first-order valence-corrected chi connectivity index (χ1v) is 6.83. The summed E-state index contributed by atoms with van der Waals surface area (Å²) in [7, 11) is 0. The van der Waals surface area contributed by atoms with Crippen LogP contribution in [0.2, 0.25) is 0 Å². The zero-order valence-electron chi connectivity index (χ0n) is 15.0. The molecular formula is C16H28CuO6. The number of esters is 2. The Kier molecular flexibility index (Phi) is 12.8. The molecule has 0 aliphatic carbocycles. The molecule has 2 N–H and O–H groups in total. The van der Waals surface area contributed by atoms with E-state index in [9.17, 15) is 9.59 Å². The molecule has 0 aliphatic rings. The van der Waals surface area contributed by atoms with Gasteiger partial charge in [-0.15, -0.1) is 0 Å². The first-order valence-electron chi connectivity index (χ1n) is 6.83. The van der Waals surface area contributed by atoms with Crippen molar-refractivity contribution in [3.63, 3.8) is 0 Å². The zero-order chi connectivity index (χ0) is 18.1. The van der Waals surface area contributed by atoms with Gasteiger partial charge in [0.05, 0.1) is 23.7 Å². The van der Waals surface area contributed by atoms with Crippen molar-refractivity contribution in [3.8, 4) is 0 Å². The van der Waals surface area contributed by atoms with E-state index < -0.39 is 23.1 Å². The molecule has 23 heavy (non-hydrogen) atoms. The van der Waals surface area contributed by atoms with E-state index in [1.54, 1.807) is 41.5 Å². The number of rotatable bonds is 2. The summed E-state index contributed by atoms with van der Waals surface area (Å²) in [5.74, 6) is -1.12. The van der Waals surface area contributed by atoms with Crippen molar-refractivity contribution < 1.29 is 46.3 Å². The molecule has 0 aromatic rings. The molecular weight excluding hydrogens is 352 g/mol. The van der Waals surface area contributed by atoms with Crippen LogP contribution in [0, 0.1) is 0 Å². The van der Waals surface area contributed by atoms with Gasteiger partial charge in [0.2, 0.25) is 0 Å². The van der Waals surface area contributed by atoms with E-state index in [-0.39, 0.29) is 28.6 Å². The molecule has 0 heterocycles. The Balaban J connectivity index is -0.000000333. The van der Waals surface area contributed by atoms with Crippen LogP contribution >= 0.6 is 0 Å². The molecule has 0 fully saturated rings. The van der Waals surface area contributed by atoms with E-state index in [0.29, 0.717) is 0 Å². The average molecular weight is 380 g/mol. The molecule has 7 heteroatoms. The molecule has 0 aromatic carbocycles. The summed E-state index contributed by atoms with van der Waals surface area (Å²) in [6.07, 6.45) is 2.09. The molecule has 0 aliphatic heterocycles. The van der Waals surface area contributed by atoms with Crippen molar-refractivity contribution in [3.05, 3.63) is 23.7 Å². The van der Waals surface area contributed by atoms with E-state index in [1.807, 2.05) is 0 Å². The molecule has 1 radical (unpaired) electrons. The van der Waals surface area contributed by atoms with Crippen LogP contribution in [0.5, 0.6) is 0 Å². The standard InChI is InChI=1S/2C8H14O3.Cu/c2*1-6(9)5-7(10)11-8(2,3)4;/h2*5,9H,1-4H3;. The van der Waals surface area contributed by atoms with Gasteiger partial charge in [-0.05, 0) is 55.4 Å². The summed E-state index contributed by atoms with van der Waals surface area (Å²) in [6.45, 7) is 13.5. The average Bonchev–Trinajstić information content (AvgIpc) is 2.07. The number of hydrogen-bond acceptors (Lipinski definition) is 6. The molecule has 0 saturated carbocycles. The van der Waals surface area contributed by atoms with Crippen molar-refractivity contribution >= 4 is 11.9 Å². The predicted molar refractivity (Wildman–Crippen MR) is 84.5 cm³/mol. The maximum atomic E-state index is 10.8. The van der Waals surface area contributed by atoms with E-state index in [2.05, 4.69) is 0 Å². The van der Waals surface area contributed by atoms with Gasteiger partial charge in [0.15, 0.2) is 0 Å². The molecule has 0 amide bonds. The zero-order valence-corrected chi connectivity index (χ0v) is 15.9. The first kappa shape index (κ1) is 26.4. The van der Waals surface area contributed by atoms with Gasteiger partial charge in [-0.2, -0.15) is 0 Å². The minimum Gasteiger partial charge on any atom is -0.512 e. The van der Waals surface area contributed by atoms with Crippen LogP contribution < -0.4 is 0 Å². The molecule has 0 bridgehead atoms. The Morgan fingerprint density at radius 1 is 0.739 bits per heavy atom. The third-order valence-corrected chi connectivity index (χ3v) is 1.47. The van der Waals surface area contributed by atoms with Crippen LogP contribution in [0.25, 0.3) is 0 Å². The van der Waals surface area contributed by atoms with Gasteiger partial charge in [-0.25, -0.2) is 9.59 Å². The van der Waals surface area contributed by atoms with Gasteiger partial charge < -0.3 is 19.7 Å². The van der Waals surface area contributed by atoms with Crippen molar-refractivity contribution in [2.45, 2.75) is 66.6 Å². The number of aliphatic hydroxyl groups is 2. The van der Waals surface area contributed by atoms with Crippen molar-refractivity contribution in [1.29, 1.82) is 0 Å². The van der Waals surface area contributed by atoms with Crippen LogP contribution in [0.3, 0.4) is 0 Å². The molecule has 0 aromatic heterocycles. The number of allylic oxidation sites excluding steroid dienone is 2. The number of ether oxygens (including phenoxy) is 2. The first-order chi connectivity index (χ1) is 9.62. The van der Waals surface area contributed by atoms with E-state index in [1.165, 1.54) is 13.8 Å². The van der Waals surface area contributed by atoms with Crippen molar-refractivity contribution in [2.24, 2.45) is 0 Å². The molecule has 0 spiro atoms. The van der Waals surface area contributed by atoms with E-state index in [0.717, 1.165) is 12.2 Å². The van der Waals surface area contributed by atoms with Gasteiger partial charge in [-0.1, -0.05) is 0 Å². The summed E-state index contributed by atoms with van der Waals surface area (Å²) >= 11 is 0. The monoisotopic (exact) mass is 379 g/mol. The Bertz CT molecular complexity index is 388. The Hall–Kier alpha value is -1.46. The number of aliphatic hydroxyl groups excluding tert-OH is 2. The Labute approximate surface area is 149 Å². The topological polar surface area (TPSA) is 93.1 Å². The smallest absolute Gasteiger partial charge is 0.334 e. The van der Waals surface area contributed by atoms with Gasteiger partial charge in [-0.3, -0.25) is 0 Å². The number of carbonyl (C=O) groups is 2. The number of hydrogen-bond donors (Lipinski definition) is 2. The molecule has 0 saturated heterocycles. The molecule has 0 atom stereocenters. The molecule has 6 nitrogen and oxygen atoms in total. The normalized spacial score (nSPS) is 12.3. The fourth-order valence-corrected chi connectivity index (χ4v) is 1.00. The molecule has 0 rings (SSSR count). The van der Waals surface area contributed by atoms with Gasteiger partial charge >= 0.3 is 11.9 Å². The van der Waals surface area contributed by atoms with Crippen molar-refractivity contribution in [1.82, 2.24) is 0 Å². The molecule has 0 unspecified atom stereocenters. The van der Waals surface area contributed by atoms with Gasteiger partial charge in [0.1, 0.15) is 11.2 Å². The third kappa shape index (κ3) is 25.8. The fourth-order valence-electron chi connectivity index (χ4n) is 1.00. The minimum atomic E-state index is -0.516. The maximum absolute atomic E-state index is 10.8. The Morgan fingerprint density at radius 3 is 1.09 bits per heavy atom. The molecule has 139 valence electrons. The van der Waals surface area contributed by atoms with Crippen LogP contribution in [0.15, 0.2) is 23.7 Å². The second-order valence-electron chi connectivity index (χ2n) is 6.64. The van der Waals surface area contributed by atoms with Crippen LogP contribution in [0.4, 0.5) is 0 Å². The quantitative estimate of drug-likeness (QED) is 0.329. The predicted octanol–water partition coefficient (Wildman–Crippen LogP) is 3.58. The van der Waals surface area contributed by atoms with Crippen LogP contribution in [-0.2, 0) is 36.1 Å². The third-order valence-electron chi connectivity index (χ3n) is 1.47. The van der Waals surface area contributed by atoms with Crippen LogP contribution in [0.1, 0.15) is 55.4 Å². The largest absolute Gasteiger partial charge is 0.512 e. The van der Waals surface area contributed by atoms with E-state index >= 15 is 0 Å². The summed E-state index contributed by atoms with van der Waals surface area (Å²) < 4.78 is 9.75. The summed E-state index contributed by atoms with van der Waals surface area (Å²) in [6, 6.07) is 0.